The van der Waals surface area contributed by atoms with Gasteiger partial charge < -0.3 is 9.47 Å². The summed E-state index contributed by atoms with van der Waals surface area (Å²) in [6.45, 7) is 3.37. The summed E-state index contributed by atoms with van der Waals surface area (Å²) in [5.41, 5.74) is 0.951. The maximum absolute atomic E-state index is 11.2. The Balaban J connectivity index is 1.93. The third-order valence-electron chi connectivity index (χ3n) is 3.56. The quantitative estimate of drug-likeness (QED) is 0.484. The average molecular weight is 345 g/mol. The summed E-state index contributed by atoms with van der Waals surface area (Å²) >= 11 is 11.9. The molecule has 3 heterocycles. The van der Waals surface area contributed by atoms with Gasteiger partial charge in [-0.3, -0.25) is 9.36 Å². The van der Waals surface area contributed by atoms with Gasteiger partial charge in [-0.1, -0.05) is 18.5 Å². The van der Waals surface area contributed by atoms with Crippen LogP contribution in [0.5, 0.6) is 0 Å². The number of hydrogen-bond acceptors (Lipinski definition) is 6. The van der Waals surface area contributed by atoms with Crippen LogP contribution in [0.2, 0.25) is 10.4 Å². The highest BCUT2D eigenvalue weighted by atomic mass is 35.5. The second kappa shape index (κ2) is 5.98. The van der Waals surface area contributed by atoms with E-state index in [0.717, 1.165) is 6.42 Å². The van der Waals surface area contributed by atoms with Crippen molar-refractivity contribution in [3.05, 3.63) is 16.8 Å². The minimum Gasteiger partial charge on any atom is -0.460 e. The van der Waals surface area contributed by atoms with Crippen LogP contribution in [0.3, 0.4) is 0 Å². The van der Waals surface area contributed by atoms with Crippen LogP contribution in [0.4, 0.5) is 0 Å². The van der Waals surface area contributed by atoms with E-state index in [1.807, 2.05) is 6.92 Å². The number of nitrogens with zero attached hydrogens (tertiary/aromatic N) is 4. The van der Waals surface area contributed by atoms with E-state index in [4.69, 9.17) is 32.7 Å². The number of ether oxygens (including phenoxy) is 2. The lowest BCUT2D eigenvalue weighted by molar-refractivity contribution is -0.149. The van der Waals surface area contributed by atoms with Crippen molar-refractivity contribution in [2.24, 2.45) is 0 Å². The zero-order chi connectivity index (χ0) is 15.9. The van der Waals surface area contributed by atoms with Gasteiger partial charge in [-0.05, 0) is 18.0 Å². The molecule has 0 amide bonds. The standard InChI is InChI=1S/C13H14Cl2N4O3/c1-3-7-8(21-6(2)20)4-9(22-7)19-5-16-10-11(14)17-13(15)18-12(10)19/h5,7-9H,3-4H2,1-2H3/t7-,8-,9?/m1/s1. The van der Waals surface area contributed by atoms with E-state index in [1.165, 1.54) is 6.92 Å². The molecule has 0 spiro atoms. The predicted octanol–water partition coefficient (Wildman–Crippen LogP) is 2.76. The molecule has 3 rings (SSSR count). The number of esters is 1. The van der Waals surface area contributed by atoms with Gasteiger partial charge >= 0.3 is 5.97 Å². The van der Waals surface area contributed by atoms with Gasteiger partial charge in [0.2, 0.25) is 5.28 Å². The topological polar surface area (TPSA) is 79.1 Å². The van der Waals surface area contributed by atoms with Crippen molar-refractivity contribution >= 4 is 40.3 Å². The minimum atomic E-state index is -0.346. The van der Waals surface area contributed by atoms with Crippen LogP contribution < -0.4 is 0 Å². The van der Waals surface area contributed by atoms with Crippen LogP contribution in [0.1, 0.15) is 32.9 Å². The SMILES string of the molecule is CC[C@H]1OC(n2cnc3c(Cl)nc(Cl)nc32)C[C@H]1OC(C)=O. The Bertz CT molecular complexity index is 721. The average Bonchev–Trinajstić information content (AvgIpc) is 3.01. The number of carbonyl (C=O) groups is 1. The maximum atomic E-state index is 11.2. The summed E-state index contributed by atoms with van der Waals surface area (Å²) in [6.07, 6.45) is 2.02. The van der Waals surface area contributed by atoms with E-state index in [-0.39, 0.29) is 34.8 Å². The molecule has 118 valence electrons. The molecule has 3 atom stereocenters. The van der Waals surface area contributed by atoms with E-state index in [0.29, 0.717) is 17.6 Å². The fourth-order valence-electron chi connectivity index (χ4n) is 2.64. The van der Waals surface area contributed by atoms with Gasteiger partial charge in [-0.25, -0.2) is 9.97 Å². The first-order valence-corrected chi connectivity index (χ1v) is 7.63. The van der Waals surface area contributed by atoms with Crippen LogP contribution >= 0.6 is 23.2 Å². The molecule has 1 aliphatic heterocycles. The summed E-state index contributed by atoms with van der Waals surface area (Å²) in [5.74, 6) is -0.323. The Hall–Kier alpha value is -1.44. The molecule has 0 bridgehead atoms. The Kier molecular flexibility index (Phi) is 4.20. The summed E-state index contributed by atoms with van der Waals surface area (Å²) in [5, 5.41) is 0.233. The van der Waals surface area contributed by atoms with Crippen LogP contribution in [-0.4, -0.2) is 37.7 Å². The number of carbonyl (C=O) groups excluding carboxylic acids is 1. The molecule has 1 aliphatic rings. The number of fused-ring (bicyclic) bond motifs is 1. The smallest absolute Gasteiger partial charge is 0.302 e. The fraction of sp³-hybridized carbons (Fsp3) is 0.538. The lowest BCUT2D eigenvalue weighted by Crippen LogP contribution is -2.25. The Morgan fingerprint density at radius 1 is 1.50 bits per heavy atom. The number of rotatable bonds is 3. The third kappa shape index (κ3) is 2.76. The summed E-state index contributed by atoms with van der Waals surface area (Å²) < 4.78 is 13.0. The van der Waals surface area contributed by atoms with Gasteiger partial charge in [0.25, 0.3) is 0 Å². The van der Waals surface area contributed by atoms with E-state index >= 15 is 0 Å². The summed E-state index contributed by atoms with van der Waals surface area (Å²) in [4.78, 5) is 23.4. The molecule has 1 fully saturated rings. The van der Waals surface area contributed by atoms with Gasteiger partial charge in [-0.2, -0.15) is 4.98 Å². The van der Waals surface area contributed by atoms with Crippen molar-refractivity contribution in [3.8, 4) is 0 Å². The van der Waals surface area contributed by atoms with Gasteiger partial charge in [0, 0.05) is 13.3 Å². The highest BCUT2D eigenvalue weighted by Gasteiger charge is 2.38. The van der Waals surface area contributed by atoms with E-state index < -0.39 is 0 Å². The normalized spacial score (nSPS) is 24.8. The number of halogens is 2. The number of hydrogen-bond donors (Lipinski definition) is 0. The van der Waals surface area contributed by atoms with Crippen molar-refractivity contribution in [2.45, 2.75) is 45.1 Å². The second-order valence-electron chi connectivity index (χ2n) is 5.03. The first-order valence-electron chi connectivity index (χ1n) is 6.87. The predicted molar refractivity (Wildman–Crippen MR) is 79.7 cm³/mol. The second-order valence-corrected chi connectivity index (χ2v) is 5.72. The highest BCUT2D eigenvalue weighted by Crippen LogP contribution is 2.34. The van der Waals surface area contributed by atoms with Crippen LogP contribution in [0.25, 0.3) is 11.2 Å². The Labute approximate surface area is 136 Å². The molecule has 2 aromatic heterocycles. The van der Waals surface area contributed by atoms with Gasteiger partial charge in [0.05, 0.1) is 12.4 Å². The van der Waals surface area contributed by atoms with Crippen LogP contribution in [0, 0.1) is 0 Å². The van der Waals surface area contributed by atoms with E-state index in [2.05, 4.69) is 15.0 Å². The zero-order valence-corrected chi connectivity index (χ0v) is 13.5. The first-order chi connectivity index (χ1) is 10.5. The maximum Gasteiger partial charge on any atom is 0.302 e. The fourth-order valence-corrected chi connectivity index (χ4v) is 3.06. The largest absolute Gasteiger partial charge is 0.460 e. The third-order valence-corrected chi connectivity index (χ3v) is 3.99. The van der Waals surface area contributed by atoms with Gasteiger partial charge in [0.15, 0.2) is 10.8 Å². The van der Waals surface area contributed by atoms with Crippen molar-refractivity contribution in [3.63, 3.8) is 0 Å². The zero-order valence-electron chi connectivity index (χ0n) is 12.0. The lowest BCUT2D eigenvalue weighted by Gasteiger charge is -2.15. The number of aromatic nitrogens is 4. The highest BCUT2D eigenvalue weighted by molar-refractivity contribution is 6.35. The van der Waals surface area contributed by atoms with E-state index in [1.54, 1.807) is 10.9 Å². The Morgan fingerprint density at radius 2 is 2.27 bits per heavy atom. The van der Waals surface area contributed by atoms with Gasteiger partial charge in [-0.15, -0.1) is 0 Å². The molecule has 7 nitrogen and oxygen atoms in total. The molecule has 1 saturated heterocycles. The molecule has 0 radical (unpaired) electrons. The molecule has 22 heavy (non-hydrogen) atoms. The molecule has 0 saturated carbocycles. The lowest BCUT2D eigenvalue weighted by atomic mass is 10.1. The molecule has 1 unspecified atom stereocenters. The van der Waals surface area contributed by atoms with Crippen molar-refractivity contribution in [2.75, 3.05) is 0 Å². The molecule has 9 heteroatoms. The molecule has 0 aromatic carbocycles. The van der Waals surface area contributed by atoms with Crippen molar-refractivity contribution in [1.82, 2.24) is 19.5 Å². The number of imidazole rings is 1. The molecular formula is C13H14Cl2N4O3. The Morgan fingerprint density at radius 3 is 2.95 bits per heavy atom. The van der Waals surface area contributed by atoms with Gasteiger partial charge in [0.1, 0.15) is 17.8 Å². The van der Waals surface area contributed by atoms with Crippen LogP contribution in [0.15, 0.2) is 6.33 Å². The molecule has 0 N–H and O–H groups in total. The summed E-state index contributed by atoms with van der Waals surface area (Å²) in [7, 11) is 0. The monoisotopic (exact) mass is 344 g/mol. The summed E-state index contributed by atoms with van der Waals surface area (Å²) in [6, 6.07) is 0. The molecular weight excluding hydrogens is 331 g/mol. The van der Waals surface area contributed by atoms with Crippen molar-refractivity contribution < 1.29 is 14.3 Å². The van der Waals surface area contributed by atoms with Crippen molar-refractivity contribution in [1.29, 1.82) is 0 Å². The molecule has 2 aromatic rings. The first kappa shape index (κ1) is 15.5. The molecule has 0 aliphatic carbocycles. The minimum absolute atomic E-state index is 0.0424. The van der Waals surface area contributed by atoms with Crippen LogP contribution in [-0.2, 0) is 14.3 Å². The van der Waals surface area contributed by atoms with E-state index in [9.17, 15) is 4.79 Å².